The molecule has 3 nitrogen and oxygen atoms in total. The lowest BCUT2D eigenvalue weighted by Crippen LogP contribution is -2.31. The number of hydrogen-bond donors (Lipinski definition) is 1. The van der Waals surface area contributed by atoms with E-state index >= 15 is 0 Å². The molecule has 0 amide bonds. The summed E-state index contributed by atoms with van der Waals surface area (Å²) < 4.78 is 2.29. The van der Waals surface area contributed by atoms with Gasteiger partial charge in [-0.1, -0.05) is 139 Å². The maximum atomic E-state index is 6.91. The molecule has 2 heterocycles. The molecule has 52 heavy (non-hydrogen) atoms. The second kappa shape index (κ2) is 11.1. The molecular weight excluding hydrogens is 651 g/mol. The lowest BCUT2D eigenvalue weighted by molar-refractivity contribution is 0.722. The van der Waals surface area contributed by atoms with E-state index in [1.54, 1.807) is 0 Å². The number of para-hydroxylation sites is 2. The van der Waals surface area contributed by atoms with Crippen molar-refractivity contribution in [1.29, 1.82) is 0 Å². The van der Waals surface area contributed by atoms with Crippen molar-refractivity contribution in [2.45, 2.75) is 15.2 Å². The molecule has 1 aromatic heterocycles. The molecule has 9 aromatic rings. The first-order valence-corrected chi connectivity index (χ1v) is 18.5. The topological polar surface area (TPSA) is 43.8 Å². The molecule has 1 aliphatic carbocycles. The van der Waals surface area contributed by atoms with Gasteiger partial charge in [0.05, 0.1) is 16.4 Å². The van der Waals surface area contributed by atoms with Gasteiger partial charge in [0.15, 0.2) is 0 Å². The SMILES string of the molecule is Nc1cccc2c1-c1cc(-c3ccc(-n4c(-c5cccc6ccccc56)nc5ccccc54)cc3)ccc1C21c2ccccc2Sc2ccccc21. The summed E-state index contributed by atoms with van der Waals surface area (Å²) in [6.07, 6.45) is 0. The van der Waals surface area contributed by atoms with E-state index in [0.29, 0.717) is 0 Å². The second-order valence-corrected chi connectivity index (χ2v) is 14.8. The van der Waals surface area contributed by atoms with Gasteiger partial charge in [-0.05, 0) is 98.2 Å². The van der Waals surface area contributed by atoms with Crippen LogP contribution in [-0.4, -0.2) is 9.55 Å². The second-order valence-electron chi connectivity index (χ2n) is 13.7. The molecule has 0 atom stereocenters. The van der Waals surface area contributed by atoms with Gasteiger partial charge in [0.1, 0.15) is 5.82 Å². The van der Waals surface area contributed by atoms with E-state index < -0.39 is 5.41 Å². The highest BCUT2D eigenvalue weighted by Gasteiger charge is 2.50. The zero-order chi connectivity index (χ0) is 34.4. The van der Waals surface area contributed by atoms with E-state index in [1.807, 2.05) is 17.8 Å². The molecule has 0 bridgehead atoms. The Morgan fingerprint density at radius 1 is 0.519 bits per heavy atom. The minimum absolute atomic E-state index is 0.443. The van der Waals surface area contributed by atoms with Crippen molar-refractivity contribution in [2.75, 3.05) is 5.73 Å². The van der Waals surface area contributed by atoms with E-state index in [0.717, 1.165) is 50.5 Å². The smallest absolute Gasteiger partial charge is 0.146 e. The van der Waals surface area contributed by atoms with Crippen LogP contribution in [0.15, 0.2) is 186 Å². The van der Waals surface area contributed by atoms with Gasteiger partial charge in [0.25, 0.3) is 0 Å². The molecule has 2 aliphatic rings. The first-order chi connectivity index (χ1) is 25.7. The van der Waals surface area contributed by atoms with Crippen LogP contribution in [-0.2, 0) is 5.41 Å². The molecule has 0 saturated carbocycles. The average molecular weight is 682 g/mol. The van der Waals surface area contributed by atoms with Crippen LogP contribution in [0.1, 0.15) is 22.3 Å². The van der Waals surface area contributed by atoms with E-state index in [-0.39, 0.29) is 0 Å². The Labute approximate surface area is 306 Å². The summed E-state index contributed by atoms with van der Waals surface area (Å²) in [7, 11) is 0. The third-order valence-corrected chi connectivity index (χ3v) is 12.2. The van der Waals surface area contributed by atoms with Gasteiger partial charge in [-0.3, -0.25) is 4.57 Å². The van der Waals surface area contributed by atoms with E-state index in [1.165, 1.54) is 48.4 Å². The number of benzene rings is 8. The highest BCUT2D eigenvalue weighted by molar-refractivity contribution is 7.99. The molecule has 0 saturated heterocycles. The van der Waals surface area contributed by atoms with Crippen LogP contribution in [0.5, 0.6) is 0 Å². The summed E-state index contributed by atoms with van der Waals surface area (Å²) in [6.45, 7) is 0. The van der Waals surface area contributed by atoms with Gasteiger partial charge >= 0.3 is 0 Å². The van der Waals surface area contributed by atoms with E-state index in [9.17, 15) is 0 Å². The number of hydrogen-bond acceptors (Lipinski definition) is 3. The standard InChI is InChI=1S/C48H31N3S/c49-41-18-10-17-40-46(41)36-29-32(25-28-37(36)48(40)38-15-3-7-21-44(38)52-45-22-8-4-16-39(45)48)30-23-26-33(27-24-30)51-43-20-6-5-19-42(43)50-47(51)35-14-9-12-31-11-1-2-13-34(31)35/h1-29H,49H2. The number of imidazole rings is 1. The number of nitrogen functional groups attached to an aromatic ring is 1. The predicted octanol–water partition coefficient (Wildman–Crippen LogP) is 11.9. The Kier molecular flexibility index (Phi) is 6.25. The van der Waals surface area contributed by atoms with Crippen molar-refractivity contribution in [3.63, 3.8) is 0 Å². The van der Waals surface area contributed by atoms with Crippen LogP contribution in [0.4, 0.5) is 5.69 Å². The highest BCUT2D eigenvalue weighted by Crippen LogP contribution is 2.63. The van der Waals surface area contributed by atoms with Crippen molar-refractivity contribution in [3.05, 3.63) is 198 Å². The van der Waals surface area contributed by atoms with Gasteiger partial charge in [-0.15, -0.1) is 0 Å². The molecule has 11 rings (SSSR count). The number of nitrogens with two attached hydrogens (primary N) is 1. The number of aromatic nitrogens is 2. The van der Waals surface area contributed by atoms with Crippen LogP contribution >= 0.6 is 11.8 Å². The van der Waals surface area contributed by atoms with Crippen molar-refractivity contribution < 1.29 is 0 Å². The Bertz CT molecular complexity index is 2850. The van der Waals surface area contributed by atoms with Crippen LogP contribution in [0.2, 0.25) is 0 Å². The third kappa shape index (κ3) is 4.01. The summed E-state index contributed by atoms with van der Waals surface area (Å²) >= 11 is 1.86. The first-order valence-electron chi connectivity index (χ1n) is 17.7. The maximum Gasteiger partial charge on any atom is 0.146 e. The summed E-state index contributed by atoms with van der Waals surface area (Å²) in [5.41, 5.74) is 21.3. The molecule has 8 aromatic carbocycles. The molecule has 0 radical (unpaired) electrons. The molecule has 0 unspecified atom stereocenters. The van der Waals surface area contributed by atoms with Gasteiger partial charge < -0.3 is 5.73 Å². The van der Waals surface area contributed by atoms with Crippen molar-refractivity contribution in [2.24, 2.45) is 0 Å². The van der Waals surface area contributed by atoms with Gasteiger partial charge in [-0.2, -0.15) is 0 Å². The first kappa shape index (κ1) is 29.4. The number of fused-ring (bicyclic) bond motifs is 11. The Morgan fingerprint density at radius 2 is 1.17 bits per heavy atom. The van der Waals surface area contributed by atoms with Gasteiger partial charge in [0.2, 0.25) is 0 Å². The van der Waals surface area contributed by atoms with Crippen LogP contribution in [0, 0.1) is 0 Å². The Balaban J connectivity index is 1.08. The monoisotopic (exact) mass is 681 g/mol. The Hall–Kier alpha value is -6.36. The zero-order valence-corrected chi connectivity index (χ0v) is 28.9. The minimum atomic E-state index is -0.443. The zero-order valence-electron chi connectivity index (χ0n) is 28.1. The maximum absolute atomic E-state index is 6.91. The minimum Gasteiger partial charge on any atom is -0.398 e. The highest BCUT2D eigenvalue weighted by atomic mass is 32.2. The summed E-state index contributed by atoms with van der Waals surface area (Å²) in [5.74, 6) is 0.937. The summed E-state index contributed by atoms with van der Waals surface area (Å²) in [5, 5.41) is 2.39. The van der Waals surface area contributed by atoms with E-state index in [4.69, 9.17) is 10.7 Å². The molecular formula is C48H31N3S. The quantitative estimate of drug-likeness (QED) is 0.189. The summed E-state index contributed by atoms with van der Waals surface area (Å²) in [4.78, 5) is 7.76. The molecule has 2 N–H and O–H groups in total. The molecule has 1 aliphatic heterocycles. The number of nitrogens with zero attached hydrogens (tertiary/aromatic N) is 2. The molecule has 1 spiro atoms. The van der Waals surface area contributed by atoms with Crippen molar-refractivity contribution in [3.8, 4) is 39.3 Å². The van der Waals surface area contributed by atoms with Gasteiger partial charge in [-0.25, -0.2) is 4.98 Å². The van der Waals surface area contributed by atoms with Crippen LogP contribution in [0.25, 0.3) is 61.1 Å². The fourth-order valence-electron chi connectivity index (χ4n) is 8.85. The fraction of sp³-hybridized carbons (Fsp3) is 0.0208. The predicted molar refractivity (Wildman–Crippen MR) is 215 cm³/mol. The summed E-state index contributed by atoms with van der Waals surface area (Å²) in [6, 6.07) is 63.5. The number of anilines is 1. The largest absolute Gasteiger partial charge is 0.398 e. The molecule has 4 heteroatoms. The Morgan fingerprint density at radius 3 is 2.00 bits per heavy atom. The lowest BCUT2D eigenvalue weighted by atomic mass is 9.67. The third-order valence-electron chi connectivity index (χ3n) is 11.0. The van der Waals surface area contributed by atoms with Crippen LogP contribution in [0.3, 0.4) is 0 Å². The van der Waals surface area contributed by atoms with E-state index in [2.05, 4.69) is 174 Å². The molecule has 244 valence electrons. The normalized spacial score (nSPS) is 13.5. The fourth-order valence-corrected chi connectivity index (χ4v) is 10.0. The lowest BCUT2D eigenvalue weighted by Gasteiger charge is -2.39. The van der Waals surface area contributed by atoms with Gasteiger partial charge in [0, 0.05) is 32.3 Å². The molecule has 0 fully saturated rings. The average Bonchev–Trinajstić information content (AvgIpc) is 3.73. The van der Waals surface area contributed by atoms with Crippen molar-refractivity contribution in [1.82, 2.24) is 9.55 Å². The van der Waals surface area contributed by atoms with Crippen LogP contribution < -0.4 is 5.73 Å². The number of rotatable bonds is 3. The van der Waals surface area contributed by atoms with Crippen molar-refractivity contribution >= 4 is 39.3 Å².